The number of nitrogens with zero attached hydrogens (tertiary/aromatic N) is 3. The zero-order valence-electron chi connectivity index (χ0n) is 10.5. The standard InChI is InChI=1S/C13H18N4/c1-16(2)13-7-5-4-6-12(13)14-10-11-8-9-15-17(11)3/h4-9,14H,10H2,1-3H3. The van der Waals surface area contributed by atoms with Gasteiger partial charge >= 0.3 is 0 Å². The third-order valence-corrected chi connectivity index (χ3v) is 2.77. The van der Waals surface area contributed by atoms with Crippen molar-refractivity contribution < 1.29 is 0 Å². The molecule has 0 unspecified atom stereocenters. The van der Waals surface area contributed by atoms with E-state index in [0.29, 0.717) is 0 Å². The largest absolute Gasteiger partial charge is 0.378 e. The molecule has 0 amide bonds. The van der Waals surface area contributed by atoms with Crippen LogP contribution in [0.1, 0.15) is 5.69 Å². The van der Waals surface area contributed by atoms with E-state index in [1.165, 1.54) is 11.4 Å². The minimum Gasteiger partial charge on any atom is -0.378 e. The number of hydrogen-bond donors (Lipinski definition) is 1. The molecule has 2 aromatic rings. The third-order valence-electron chi connectivity index (χ3n) is 2.77. The molecular formula is C13H18N4. The number of benzene rings is 1. The van der Waals surface area contributed by atoms with Gasteiger partial charge in [-0.05, 0) is 18.2 Å². The first-order valence-corrected chi connectivity index (χ1v) is 5.65. The van der Waals surface area contributed by atoms with Crippen molar-refractivity contribution in [1.82, 2.24) is 9.78 Å². The topological polar surface area (TPSA) is 33.1 Å². The van der Waals surface area contributed by atoms with Crippen LogP contribution in [-0.2, 0) is 13.6 Å². The molecule has 17 heavy (non-hydrogen) atoms. The van der Waals surface area contributed by atoms with Crippen molar-refractivity contribution in [3.8, 4) is 0 Å². The predicted octanol–water partition coefficient (Wildman–Crippen LogP) is 2.10. The summed E-state index contributed by atoms with van der Waals surface area (Å²) in [5.41, 5.74) is 3.49. The van der Waals surface area contributed by atoms with Crippen LogP contribution in [0.4, 0.5) is 11.4 Å². The normalized spacial score (nSPS) is 10.3. The fourth-order valence-electron chi connectivity index (χ4n) is 1.77. The first-order chi connectivity index (χ1) is 8.18. The molecule has 0 spiro atoms. The van der Waals surface area contributed by atoms with Crippen molar-refractivity contribution in [2.24, 2.45) is 7.05 Å². The molecule has 90 valence electrons. The Labute approximate surface area is 102 Å². The molecule has 2 rings (SSSR count). The van der Waals surface area contributed by atoms with E-state index in [1.807, 2.05) is 50.2 Å². The van der Waals surface area contributed by atoms with Gasteiger partial charge in [-0.25, -0.2) is 0 Å². The van der Waals surface area contributed by atoms with E-state index in [-0.39, 0.29) is 0 Å². The van der Waals surface area contributed by atoms with Gasteiger partial charge in [0.05, 0.1) is 23.6 Å². The second-order valence-electron chi connectivity index (χ2n) is 4.21. The van der Waals surface area contributed by atoms with Crippen molar-refractivity contribution >= 4 is 11.4 Å². The van der Waals surface area contributed by atoms with Gasteiger partial charge in [0, 0.05) is 27.3 Å². The Balaban J connectivity index is 2.11. The Morgan fingerprint density at radius 2 is 2.00 bits per heavy atom. The number of aryl methyl sites for hydroxylation is 1. The van der Waals surface area contributed by atoms with E-state index in [2.05, 4.69) is 27.4 Å². The quantitative estimate of drug-likeness (QED) is 0.873. The zero-order valence-corrected chi connectivity index (χ0v) is 10.5. The van der Waals surface area contributed by atoms with E-state index in [1.54, 1.807) is 0 Å². The monoisotopic (exact) mass is 230 g/mol. The van der Waals surface area contributed by atoms with Crippen LogP contribution in [0.3, 0.4) is 0 Å². The lowest BCUT2D eigenvalue weighted by molar-refractivity contribution is 0.720. The molecule has 0 aliphatic carbocycles. The molecule has 0 saturated heterocycles. The molecular weight excluding hydrogens is 212 g/mol. The highest BCUT2D eigenvalue weighted by atomic mass is 15.3. The summed E-state index contributed by atoms with van der Waals surface area (Å²) < 4.78 is 1.88. The molecule has 1 aromatic carbocycles. The maximum Gasteiger partial charge on any atom is 0.0596 e. The molecule has 4 nitrogen and oxygen atoms in total. The van der Waals surface area contributed by atoms with Crippen LogP contribution >= 0.6 is 0 Å². The van der Waals surface area contributed by atoms with Gasteiger partial charge in [-0.15, -0.1) is 0 Å². The molecule has 0 bridgehead atoms. The zero-order chi connectivity index (χ0) is 12.3. The Kier molecular flexibility index (Phi) is 3.32. The highest BCUT2D eigenvalue weighted by molar-refractivity contribution is 5.69. The Hall–Kier alpha value is -1.97. The van der Waals surface area contributed by atoms with Gasteiger partial charge in [0.15, 0.2) is 0 Å². The summed E-state index contributed by atoms with van der Waals surface area (Å²) in [7, 11) is 6.05. The summed E-state index contributed by atoms with van der Waals surface area (Å²) >= 11 is 0. The van der Waals surface area contributed by atoms with Crippen LogP contribution in [0.5, 0.6) is 0 Å². The number of aromatic nitrogens is 2. The minimum atomic E-state index is 0.779. The van der Waals surface area contributed by atoms with E-state index < -0.39 is 0 Å². The van der Waals surface area contributed by atoms with Crippen LogP contribution in [0.15, 0.2) is 36.5 Å². The van der Waals surface area contributed by atoms with Crippen molar-refractivity contribution in [2.45, 2.75) is 6.54 Å². The Morgan fingerprint density at radius 3 is 2.65 bits per heavy atom. The number of para-hydroxylation sites is 2. The molecule has 0 radical (unpaired) electrons. The van der Waals surface area contributed by atoms with E-state index in [0.717, 1.165) is 12.2 Å². The van der Waals surface area contributed by atoms with Gasteiger partial charge in [-0.3, -0.25) is 4.68 Å². The van der Waals surface area contributed by atoms with Crippen molar-refractivity contribution in [3.63, 3.8) is 0 Å². The predicted molar refractivity (Wildman–Crippen MR) is 71.3 cm³/mol. The van der Waals surface area contributed by atoms with Gasteiger partial charge in [0.2, 0.25) is 0 Å². The van der Waals surface area contributed by atoms with Crippen LogP contribution in [0.25, 0.3) is 0 Å². The number of rotatable bonds is 4. The second-order valence-corrected chi connectivity index (χ2v) is 4.21. The molecule has 0 aliphatic heterocycles. The van der Waals surface area contributed by atoms with E-state index >= 15 is 0 Å². The van der Waals surface area contributed by atoms with E-state index in [9.17, 15) is 0 Å². The first-order valence-electron chi connectivity index (χ1n) is 5.65. The molecule has 0 aliphatic rings. The third kappa shape index (κ3) is 2.58. The number of nitrogens with one attached hydrogen (secondary N) is 1. The van der Waals surface area contributed by atoms with Gasteiger partial charge in [0.1, 0.15) is 0 Å². The summed E-state index contributed by atoms with van der Waals surface area (Å²) in [6, 6.07) is 10.3. The van der Waals surface area contributed by atoms with Crippen LogP contribution in [-0.4, -0.2) is 23.9 Å². The highest BCUT2D eigenvalue weighted by Gasteiger charge is 2.04. The average Bonchev–Trinajstić information content (AvgIpc) is 2.72. The van der Waals surface area contributed by atoms with Gasteiger partial charge < -0.3 is 10.2 Å². The van der Waals surface area contributed by atoms with Crippen molar-refractivity contribution in [2.75, 3.05) is 24.3 Å². The summed E-state index contributed by atoms with van der Waals surface area (Å²) in [5, 5.41) is 7.59. The Morgan fingerprint density at radius 1 is 1.24 bits per heavy atom. The maximum atomic E-state index is 4.15. The minimum absolute atomic E-state index is 0.779. The fraction of sp³-hybridized carbons (Fsp3) is 0.308. The van der Waals surface area contributed by atoms with Gasteiger partial charge in [-0.1, -0.05) is 12.1 Å². The van der Waals surface area contributed by atoms with E-state index in [4.69, 9.17) is 0 Å². The lowest BCUT2D eigenvalue weighted by Crippen LogP contribution is -2.12. The molecule has 0 saturated carbocycles. The fourth-order valence-corrected chi connectivity index (χ4v) is 1.77. The van der Waals surface area contributed by atoms with Crippen molar-refractivity contribution in [3.05, 3.63) is 42.2 Å². The molecule has 0 atom stereocenters. The first kappa shape index (κ1) is 11.5. The number of anilines is 2. The lowest BCUT2D eigenvalue weighted by atomic mass is 10.2. The molecule has 1 N–H and O–H groups in total. The summed E-state index contributed by atoms with van der Waals surface area (Å²) in [4.78, 5) is 2.10. The summed E-state index contributed by atoms with van der Waals surface area (Å²) in [5.74, 6) is 0. The maximum absolute atomic E-state index is 4.15. The summed E-state index contributed by atoms with van der Waals surface area (Å²) in [6.45, 7) is 0.779. The smallest absolute Gasteiger partial charge is 0.0596 e. The van der Waals surface area contributed by atoms with Gasteiger partial charge in [-0.2, -0.15) is 5.10 Å². The molecule has 0 fully saturated rings. The second kappa shape index (κ2) is 4.91. The molecule has 1 heterocycles. The molecule has 1 aromatic heterocycles. The van der Waals surface area contributed by atoms with Crippen LogP contribution in [0.2, 0.25) is 0 Å². The van der Waals surface area contributed by atoms with Crippen molar-refractivity contribution in [1.29, 1.82) is 0 Å². The average molecular weight is 230 g/mol. The summed E-state index contributed by atoms with van der Waals surface area (Å²) in [6.07, 6.45) is 1.81. The molecule has 4 heteroatoms. The Bertz CT molecular complexity index is 488. The SMILES string of the molecule is CN(C)c1ccccc1NCc1ccnn1C. The lowest BCUT2D eigenvalue weighted by Gasteiger charge is -2.18. The van der Waals surface area contributed by atoms with Crippen LogP contribution in [0, 0.1) is 0 Å². The van der Waals surface area contributed by atoms with Gasteiger partial charge in [0.25, 0.3) is 0 Å². The number of hydrogen-bond acceptors (Lipinski definition) is 3. The van der Waals surface area contributed by atoms with Crippen LogP contribution < -0.4 is 10.2 Å². The highest BCUT2D eigenvalue weighted by Crippen LogP contribution is 2.23.